The first-order valence-electron chi connectivity index (χ1n) is 6.43. The third-order valence-corrected chi connectivity index (χ3v) is 3.31. The average Bonchev–Trinajstić information content (AvgIpc) is 2.99. The maximum atomic E-state index is 12.1. The summed E-state index contributed by atoms with van der Waals surface area (Å²) in [5.74, 6) is -0.307. The molecule has 0 bridgehead atoms. The number of hydrogen-bond donors (Lipinski definition) is 0. The van der Waals surface area contributed by atoms with Gasteiger partial charge in [-0.15, -0.1) is 0 Å². The number of rotatable bonds is 3. The maximum Gasteiger partial charge on any atom is 0.299 e. The second-order valence-electron chi connectivity index (χ2n) is 4.95. The molecule has 3 rings (SSSR count). The SMILES string of the molecule is CC(C)n1ncnc1CN1C(=O)C(=O)c2ccccc21. The molecule has 6 nitrogen and oxygen atoms in total. The van der Waals surface area contributed by atoms with Gasteiger partial charge in [-0.3, -0.25) is 14.5 Å². The van der Waals surface area contributed by atoms with Crippen molar-refractivity contribution in [2.24, 2.45) is 0 Å². The molecular weight excluding hydrogens is 256 g/mol. The molecule has 0 N–H and O–H groups in total. The Balaban J connectivity index is 1.97. The van der Waals surface area contributed by atoms with Crippen molar-refractivity contribution in [3.8, 4) is 0 Å². The highest BCUT2D eigenvalue weighted by Crippen LogP contribution is 2.29. The van der Waals surface area contributed by atoms with Gasteiger partial charge < -0.3 is 0 Å². The molecule has 0 aliphatic carbocycles. The summed E-state index contributed by atoms with van der Waals surface area (Å²) in [6.07, 6.45) is 1.46. The van der Waals surface area contributed by atoms with E-state index in [0.29, 0.717) is 17.1 Å². The Labute approximate surface area is 116 Å². The van der Waals surface area contributed by atoms with Gasteiger partial charge in [-0.25, -0.2) is 9.67 Å². The molecule has 1 aliphatic heterocycles. The van der Waals surface area contributed by atoms with E-state index < -0.39 is 11.7 Å². The van der Waals surface area contributed by atoms with Crippen molar-refractivity contribution in [3.63, 3.8) is 0 Å². The number of aromatic nitrogens is 3. The Morgan fingerprint density at radius 1 is 1.20 bits per heavy atom. The van der Waals surface area contributed by atoms with Crippen molar-refractivity contribution in [2.75, 3.05) is 4.90 Å². The average molecular weight is 270 g/mol. The number of anilines is 1. The van der Waals surface area contributed by atoms with E-state index in [-0.39, 0.29) is 12.6 Å². The van der Waals surface area contributed by atoms with Gasteiger partial charge in [0.1, 0.15) is 12.2 Å². The number of carbonyl (C=O) groups excluding carboxylic acids is 2. The molecule has 0 spiro atoms. The summed E-state index contributed by atoms with van der Waals surface area (Å²) in [6.45, 7) is 4.23. The van der Waals surface area contributed by atoms with E-state index in [4.69, 9.17) is 0 Å². The first kappa shape index (κ1) is 12.5. The molecule has 2 heterocycles. The number of para-hydroxylation sites is 1. The Morgan fingerprint density at radius 3 is 2.70 bits per heavy atom. The van der Waals surface area contributed by atoms with E-state index >= 15 is 0 Å². The molecular formula is C14H14N4O2. The van der Waals surface area contributed by atoms with Gasteiger partial charge in [-0.05, 0) is 26.0 Å². The predicted molar refractivity (Wildman–Crippen MR) is 72.4 cm³/mol. The number of Topliss-reactive ketones (excluding diaryl/α,β-unsaturated/α-hetero) is 1. The minimum absolute atomic E-state index is 0.149. The van der Waals surface area contributed by atoms with Crippen LogP contribution in [-0.4, -0.2) is 26.5 Å². The molecule has 102 valence electrons. The summed E-state index contributed by atoms with van der Waals surface area (Å²) >= 11 is 0. The fraction of sp³-hybridized carbons (Fsp3) is 0.286. The maximum absolute atomic E-state index is 12.1. The number of fused-ring (bicyclic) bond motifs is 1. The Hall–Kier alpha value is -2.50. The second kappa shape index (κ2) is 4.56. The van der Waals surface area contributed by atoms with Crippen LogP contribution in [0.15, 0.2) is 30.6 Å². The Kier molecular flexibility index (Phi) is 2.85. The van der Waals surface area contributed by atoms with Gasteiger partial charge in [0.05, 0.1) is 17.8 Å². The third-order valence-electron chi connectivity index (χ3n) is 3.31. The van der Waals surface area contributed by atoms with Gasteiger partial charge >= 0.3 is 0 Å². The minimum atomic E-state index is -0.510. The molecule has 0 unspecified atom stereocenters. The number of amides is 1. The summed E-state index contributed by atoms with van der Waals surface area (Å²) in [5, 5.41) is 4.14. The lowest BCUT2D eigenvalue weighted by Gasteiger charge is -2.17. The van der Waals surface area contributed by atoms with Crippen LogP contribution in [0.2, 0.25) is 0 Å². The van der Waals surface area contributed by atoms with Gasteiger partial charge in [-0.2, -0.15) is 5.10 Å². The predicted octanol–water partition coefficient (Wildman–Crippen LogP) is 1.59. The second-order valence-corrected chi connectivity index (χ2v) is 4.95. The van der Waals surface area contributed by atoms with Crippen LogP contribution in [0, 0.1) is 0 Å². The molecule has 6 heteroatoms. The van der Waals surface area contributed by atoms with E-state index in [9.17, 15) is 9.59 Å². The zero-order valence-corrected chi connectivity index (χ0v) is 11.3. The molecule has 1 aromatic carbocycles. The van der Waals surface area contributed by atoms with E-state index in [1.807, 2.05) is 19.9 Å². The molecule has 0 saturated heterocycles. The molecule has 0 atom stereocenters. The zero-order chi connectivity index (χ0) is 14.3. The molecule has 1 aliphatic rings. The molecule has 0 fully saturated rings. The van der Waals surface area contributed by atoms with Crippen LogP contribution >= 0.6 is 0 Å². The normalized spacial score (nSPS) is 14.2. The van der Waals surface area contributed by atoms with Crippen LogP contribution in [-0.2, 0) is 11.3 Å². The van der Waals surface area contributed by atoms with Crippen LogP contribution in [0.1, 0.15) is 36.1 Å². The van der Waals surface area contributed by atoms with Crippen molar-refractivity contribution >= 4 is 17.4 Å². The van der Waals surface area contributed by atoms with Gasteiger partial charge in [0.15, 0.2) is 0 Å². The fourth-order valence-corrected chi connectivity index (χ4v) is 2.37. The van der Waals surface area contributed by atoms with Crippen molar-refractivity contribution in [1.82, 2.24) is 14.8 Å². The smallest absolute Gasteiger partial charge is 0.297 e. The number of benzene rings is 1. The number of hydrogen-bond acceptors (Lipinski definition) is 4. The highest BCUT2D eigenvalue weighted by atomic mass is 16.2. The van der Waals surface area contributed by atoms with Gasteiger partial charge in [0.25, 0.3) is 11.7 Å². The number of nitrogens with zero attached hydrogens (tertiary/aromatic N) is 4. The summed E-state index contributed by atoms with van der Waals surface area (Å²) in [4.78, 5) is 29.6. The minimum Gasteiger partial charge on any atom is -0.297 e. The van der Waals surface area contributed by atoms with Crippen LogP contribution in [0.5, 0.6) is 0 Å². The van der Waals surface area contributed by atoms with Crippen LogP contribution < -0.4 is 4.90 Å². The number of ketones is 1. The monoisotopic (exact) mass is 270 g/mol. The lowest BCUT2D eigenvalue weighted by molar-refractivity contribution is -0.114. The van der Waals surface area contributed by atoms with E-state index in [0.717, 1.165) is 0 Å². The molecule has 0 saturated carbocycles. The Bertz CT molecular complexity index is 690. The molecule has 2 aromatic rings. The van der Waals surface area contributed by atoms with Gasteiger partial charge in [0, 0.05) is 6.04 Å². The molecule has 1 amide bonds. The number of carbonyl (C=O) groups is 2. The summed E-state index contributed by atoms with van der Waals surface area (Å²) in [7, 11) is 0. The standard InChI is InChI=1S/C14H14N4O2/c1-9(2)18-12(15-8-16-18)7-17-11-6-4-3-5-10(11)13(19)14(17)20/h3-6,8-9H,7H2,1-2H3. The first-order chi connectivity index (χ1) is 9.59. The molecule has 1 aromatic heterocycles. The fourth-order valence-electron chi connectivity index (χ4n) is 2.37. The van der Waals surface area contributed by atoms with Crippen LogP contribution in [0.25, 0.3) is 0 Å². The molecule has 20 heavy (non-hydrogen) atoms. The highest BCUT2D eigenvalue weighted by Gasteiger charge is 2.36. The first-order valence-corrected chi connectivity index (χ1v) is 6.43. The van der Waals surface area contributed by atoms with Crippen LogP contribution in [0.3, 0.4) is 0 Å². The Morgan fingerprint density at radius 2 is 1.95 bits per heavy atom. The van der Waals surface area contributed by atoms with Crippen molar-refractivity contribution in [2.45, 2.75) is 26.4 Å². The zero-order valence-electron chi connectivity index (χ0n) is 11.3. The van der Waals surface area contributed by atoms with E-state index in [1.54, 1.807) is 22.9 Å². The van der Waals surface area contributed by atoms with Gasteiger partial charge in [0.2, 0.25) is 0 Å². The molecule has 0 radical (unpaired) electrons. The summed E-state index contributed by atoms with van der Waals surface area (Å²) in [5.41, 5.74) is 1.09. The largest absolute Gasteiger partial charge is 0.299 e. The van der Waals surface area contributed by atoms with Gasteiger partial charge in [-0.1, -0.05) is 12.1 Å². The lowest BCUT2D eigenvalue weighted by Crippen LogP contribution is -2.30. The van der Waals surface area contributed by atoms with E-state index in [1.165, 1.54) is 11.2 Å². The quantitative estimate of drug-likeness (QED) is 0.794. The summed E-state index contributed by atoms with van der Waals surface area (Å²) in [6, 6.07) is 7.16. The van der Waals surface area contributed by atoms with E-state index in [2.05, 4.69) is 10.1 Å². The third kappa shape index (κ3) is 1.80. The van der Waals surface area contributed by atoms with Crippen LogP contribution in [0.4, 0.5) is 5.69 Å². The van der Waals surface area contributed by atoms with Crippen molar-refractivity contribution in [1.29, 1.82) is 0 Å². The van der Waals surface area contributed by atoms with Crippen molar-refractivity contribution < 1.29 is 9.59 Å². The summed E-state index contributed by atoms with van der Waals surface area (Å²) < 4.78 is 1.75. The van der Waals surface area contributed by atoms with Crippen molar-refractivity contribution in [3.05, 3.63) is 42.0 Å². The highest BCUT2D eigenvalue weighted by molar-refractivity contribution is 6.52. The lowest BCUT2D eigenvalue weighted by atomic mass is 10.1. The topological polar surface area (TPSA) is 68.1 Å².